The molecule has 2 aromatic heterocycles. The number of amides is 1. The Labute approximate surface area is 118 Å². The molecule has 1 amide bonds. The van der Waals surface area contributed by atoms with Crippen LogP contribution >= 0.6 is 15.9 Å². The second-order valence-corrected chi connectivity index (χ2v) is 4.69. The maximum Gasteiger partial charge on any atom is 0.258 e. The molecule has 2 rings (SSSR count). The molecule has 0 bridgehead atoms. The zero-order valence-corrected chi connectivity index (χ0v) is 12.1. The predicted molar refractivity (Wildman–Crippen MR) is 73.8 cm³/mol. The van der Waals surface area contributed by atoms with Crippen molar-refractivity contribution in [3.63, 3.8) is 0 Å². The zero-order valence-electron chi connectivity index (χ0n) is 10.5. The van der Waals surface area contributed by atoms with Crippen LogP contribution in [0.3, 0.4) is 0 Å². The van der Waals surface area contributed by atoms with Crippen LogP contribution in [0.25, 0.3) is 0 Å². The third-order valence-electron chi connectivity index (χ3n) is 2.43. The van der Waals surface area contributed by atoms with Crippen molar-refractivity contribution in [2.45, 2.75) is 20.3 Å². The van der Waals surface area contributed by atoms with Crippen molar-refractivity contribution >= 4 is 27.7 Å². The number of nitrogens with one attached hydrogen (secondary N) is 1. The number of aryl methyl sites for hydroxylation is 2. The van der Waals surface area contributed by atoms with Gasteiger partial charge in [-0.25, -0.2) is 9.97 Å². The summed E-state index contributed by atoms with van der Waals surface area (Å²) in [6.07, 6.45) is 3.64. The maximum absolute atomic E-state index is 12.2. The minimum atomic E-state index is -0.258. The lowest BCUT2D eigenvalue weighted by molar-refractivity contribution is 0.102. The number of rotatable bonds is 3. The fourth-order valence-corrected chi connectivity index (χ4v) is 1.74. The first-order valence-electron chi connectivity index (χ1n) is 5.72. The molecular formula is C12H12BrN5O. The molecular weight excluding hydrogens is 310 g/mol. The Kier molecular flexibility index (Phi) is 4.16. The number of nitrogens with zero attached hydrogens (tertiary/aromatic N) is 4. The Morgan fingerprint density at radius 2 is 2.11 bits per heavy atom. The van der Waals surface area contributed by atoms with Crippen LogP contribution in [0.4, 0.5) is 5.82 Å². The van der Waals surface area contributed by atoms with Crippen LogP contribution in [-0.4, -0.2) is 26.1 Å². The summed E-state index contributed by atoms with van der Waals surface area (Å²) in [5.41, 5.74) is 1.87. The first-order chi connectivity index (χ1) is 9.10. The van der Waals surface area contributed by atoms with E-state index in [2.05, 4.69) is 41.4 Å². The molecule has 0 aliphatic heterocycles. The summed E-state index contributed by atoms with van der Waals surface area (Å²) in [6, 6.07) is 1.72. The molecule has 19 heavy (non-hydrogen) atoms. The van der Waals surface area contributed by atoms with E-state index in [-0.39, 0.29) is 5.91 Å². The summed E-state index contributed by atoms with van der Waals surface area (Å²) in [5, 5.41) is 10.7. The van der Waals surface area contributed by atoms with Crippen LogP contribution in [0.2, 0.25) is 0 Å². The highest BCUT2D eigenvalue weighted by atomic mass is 79.9. The Balaban J connectivity index is 2.24. The van der Waals surface area contributed by atoms with E-state index in [4.69, 9.17) is 0 Å². The summed E-state index contributed by atoms with van der Waals surface area (Å²) in [5.74, 6) is 0.135. The van der Waals surface area contributed by atoms with Gasteiger partial charge < -0.3 is 5.32 Å². The fraction of sp³-hybridized carbons (Fsp3) is 0.250. The molecule has 0 atom stereocenters. The second-order valence-electron chi connectivity index (χ2n) is 3.88. The highest BCUT2D eigenvalue weighted by molar-refractivity contribution is 9.10. The minimum absolute atomic E-state index is 0.258. The normalized spacial score (nSPS) is 10.3. The van der Waals surface area contributed by atoms with Crippen molar-refractivity contribution in [2.75, 3.05) is 5.32 Å². The maximum atomic E-state index is 12.2. The molecule has 6 nitrogen and oxygen atoms in total. The van der Waals surface area contributed by atoms with Gasteiger partial charge in [0.05, 0.1) is 29.3 Å². The SMILES string of the molecule is CCc1nnc(C)cc1C(=O)Nc1cnc(Br)cn1. The molecule has 0 aliphatic carbocycles. The van der Waals surface area contributed by atoms with Crippen LogP contribution in [0.15, 0.2) is 23.1 Å². The smallest absolute Gasteiger partial charge is 0.258 e. The van der Waals surface area contributed by atoms with E-state index in [1.54, 1.807) is 13.0 Å². The molecule has 0 spiro atoms. The van der Waals surface area contributed by atoms with Crippen LogP contribution in [0, 0.1) is 6.92 Å². The topological polar surface area (TPSA) is 80.7 Å². The Bertz CT molecular complexity index is 600. The quantitative estimate of drug-likeness (QED) is 0.936. The molecule has 2 aromatic rings. The monoisotopic (exact) mass is 321 g/mol. The predicted octanol–water partition coefficient (Wildman–Crippen LogP) is 2.15. The highest BCUT2D eigenvalue weighted by Crippen LogP contribution is 2.11. The summed E-state index contributed by atoms with van der Waals surface area (Å²) in [7, 11) is 0. The third-order valence-corrected chi connectivity index (χ3v) is 2.84. The van der Waals surface area contributed by atoms with Gasteiger partial charge in [-0.2, -0.15) is 10.2 Å². The summed E-state index contributed by atoms with van der Waals surface area (Å²) in [4.78, 5) is 20.2. The number of hydrogen-bond donors (Lipinski definition) is 1. The van der Waals surface area contributed by atoms with E-state index in [9.17, 15) is 4.79 Å². The number of anilines is 1. The number of halogens is 1. The van der Waals surface area contributed by atoms with E-state index < -0.39 is 0 Å². The van der Waals surface area contributed by atoms with Crippen LogP contribution in [0.1, 0.15) is 28.7 Å². The average molecular weight is 322 g/mol. The Morgan fingerprint density at radius 1 is 1.32 bits per heavy atom. The molecule has 0 aromatic carbocycles. The van der Waals surface area contributed by atoms with Crippen molar-refractivity contribution < 1.29 is 4.79 Å². The van der Waals surface area contributed by atoms with Gasteiger partial charge in [0.25, 0.3) is 5.91 Å². The number of carbonyl (C=O) groups is 1. The molecule has 1 N–H and O–H groups in total. The van der Waals surface area contributed by atoms with E-state index in [1.807, 2.05) is 6.92 Å². The van der Waals surface area contributed by atoms with Crippen molar-refractivity contribution in [1.29, 1.82) is 0 Å². The molecule has 0 aliphatic rings. The van der Waals surface area contributed by atoms with Crippen molar-refractivity contribution in [3.05, 3.63) is 40.0 Å². The third kappa shape index (κ3) is 3.31. The van der Waals surface area contributed by atoms with E-state index in [0.29, 0.717) is 33.8 Å². The van der Waals surface area contributed by atoms with Crippen LogP contribution in [-0.2, 0) is 6.42 Å². The summed E-state index contributed by atoms with van der Waals surface area (Å²) < 4.78 is 0.612. The number of carbonyl (C=O) groups excluding carboxylic acids is 1. The van der Waals surface area contributed by atoms with Crippen LogP contribution < -0.4 is 5.32 Å². The van der Waals surface area contributed by atoms with Crippen molar-refractivity contribution in [1.82, 2.24) is 20.2 Å². The van der Waals surface area contributed by atoms with Crippen molar-refractivity contribution in [2.24, 2.45) is 0 Å². The average Bonchev–Trinajstić information content (AvgIpc) is 2.41. The van der Waals surface area contributed by atoms with Gasteiger partial charge in [0.15, 0.2) is 5.82 Å². The number of aromatic nitrogens is 4. The standard InChI is InChI=1S/C12H12BrN5O/c1-3-9-8(4-7(2)17-18-9)12(19)16-11-6-14-10(13)5-15-11/h4-6H,3H2,1-2H3,(H,15,16,19). The zero-order chi connectivity index (χ0) is 13.8. The fourth-order valence-electron chi connectivity index (χ4n) is 1.53. The Morgan fingerprint density at radius 3 is 2.74 bits per heavy atom. The lowest BCUT2D eigenvalue weighted by Crippen LogP contribution is -2.17. The lowest BCUT2D eigenvalue weighted by atomic mass is 10.1. The summed E-state index contributed by atoms with van der Waals surface area (Å²) in [6.45, 7) is 3.72. The van der Waals surface area contributed by atoms with Gasteiger partial charge in [-0.15, -0.1) is 0 Å². The van der Waals surface area contributed by atoms with Gasteiger partial charge in [0.1, 0.15) is 4.60 Å². The lowest BCUT2D eigenvalue weighted by Gasteiger charge is -2.07. The molecule has 0 fully saturated rings. The Hall–Kier alpha value is -1.89. The first kappa shape index (κ1) is 13.5. The van der Waals surface area contributed by atoms with Gasteiger partial charge >= 0.3 is 0 Å². The van der Waals surface area contributed by atoms with Gasteiger partial charge in [-0.05, 0) is 35.3 Å². The molecule has 0 saturated carbocycles. The number of hydrogen-bond acceptors (Lipinski definition) is 5. The van der Waals surface area contributed by atoms with Gasteiger partial charge in [-0.1, -0.05) is 6.92 Å². The molecule has 98 valence electrons. The van der Waals surface area contributed by atoms with E-state index in [0.717, 1.165) is 0 Å². The van der Waals surface area contributed by atoms with E-state index >= 15 is 0 Å². The molecule has 0 unspecified atom stereocenters. The molecule has 0 saturated heterocycles. The van der Waals surface area contributed by atoms with Gasteiger partial charge in [0.2, 0.25) is 0 Å². The summed E-state index contributed by atoms with van der Waals surface area (Å²) >= 11 is 3.18. The van der Waals surface area contributed by atoms with Crippen molar-refractivity contribution in [3.8, 4) is 0 Å². The van der Waals surface area contributed by atoms with Crippen LogP contribution in [0.5, 0.6) is 0 Å². The highest BCUT2D eigenvalue weighted by Gasteiger charge is 2.13. The second kappa shape index (κ2) is 5.83. The van der Waals surface area contributed by atoms with E-state index in [1.165, 1.54) is 12.4 Å². The minimum Gasteiger partial charge on any atom is -0.305 e. The van der Waals surface area contributed by atoms with Gasteiger partial charge in [-0.3, -0.25) is 4.79 Å². The molecule has 7 heteroatoms. The molecule has 0 radical (unpaired) electrons. The molecule has 2 heterocycles. The van der Waals surface area contributed by atoms with Gasteiger partial charge in [0, 0.05) is 0 Å². The first-order valence-corrected chi connectivity index (χ1v) is 6.51. The largest absolute Gasteiger partial charge is 0.305 e.